The van der Waals surface area contributed by atoms with Gasteiger partial charge in [0, 0.05) is 44.8 Å². The molecular formula is C28H28N6O2. The maximum atomic E-state index is 13.5. The number of piperazine rings is 1. The zero-order valence-electron chi connectivity index (χ0n) is 20.0. The third-order valence-corrected chi connectivity index (χ3v) is 6.74. The molecule has 1 saturated carbocycles. The summed E-state index contributed by atoms with van der Waals surface area (Å²) in [7, 11) is 0. The van der Waals surface area contributed by atoms with Gasteiger partial charge in [-0.1, -0.05) is 42.5 Å². The number of hydrogen-bond donors (Lipinski definition) is 0. The van der Waals surface area contributed by atoms with Crippen LogP contribution in [0.3, 0.4) is 0 Å². The fourth-order valence-electron chi connectivity index (χ4n) is 4.65. The summed E-state index contributed by atoms with van der Waals surface area (Å²) in [5.74, 6) is 1.49. The van der Waals surface area contributed by atoms with Crippen LogP contribution in [-0.2, 0) is 0 Å². The summed E-state index contributed by atoms with van der Waals surface area (Å²) < 4.78 is 7.23. The number of carbonyl (C=O) groups excluding carboxylic acids is 1. The van der Waals surface area contributed by atoms with Gasteiger partial charge < -0.3 is 9.32 Å². The number of aromatic nitrogens is 4. The van der Waals surface area contributed by atoms with Crippen LogP contribution in [0.25, 0.3) is 23.5 Å². The van der Waals surface area contributed by atoms with Crippen molar-refractivity contribution >= 4 is 12.0 Å². The zero-order chi connectivity index (χ0) is 24.3. The highest BCUT2D eigenvalue weighted by Gasteiger charge is 2.35. The molecule has 0 bridgehead atoms. The second-order valence-electron chi connectivity index (χ2n) is 9.25. The van der Waals surface area contributed by atoms with Crippen molar-refractivity contribution in [2.75, 3.05) is 32.7 Å². The van der Waals surface area contributed by atoms with Gasteiger partial charge in [0.1, 0.15) is 5.69 Å². The van der Waals surface area contributed by atoms with Crippen molar-refractivity contribution in [3.05, 3.63) is 90.1 Å². The van der Waals surface area contributed by atoms with E-state index in [0.717, 1.165) is 38.2 Å². The Bertz CT molecular complexity index is 1350. The SMILES string of the molecule is O=C(c1cnn(-c2nccc(-c3ccco3)n2)c1C1CC1)N1CCN(C/C=C/c2ccccc2)CC1. The highest BCUT2D eigenvalue weighted by atomic mass is 16.3. The minimum atomic E-state index is 0.0461. The van der Waals surface area contributed by atoms with Crippen LogP contribution >= 0.6 is 0 Å². The highest BCUT2D eigenvalue weighted by molar-refractivity contribution is 5.95. The average Bonchev–Trinajstić information content (AvgIpc) is 3.43. The molecule has 0 atom stereocenters. The van der Waals surface area contributed by atoms with E-state index in [0.29, 0.717) is 42.0 Å². The molecule has 0 spiro atoms. The molecule has 4 aromatic rings. The van der Waals surface area contributed by atoms with Gasteiger partial charge >= 0.3 is 0 Å². The summed E-state index contributed by atoms with van der Waals surface area (Å²) in [6, 6.07) is 15.8. The number of furan rings is 1. The second-order valence-corrected chi connectivity index (χ2v) is 9.25. The van der Waals surface area contributed by atoms with E-state index < -0.39 is 0 Å². The fraction of sp³-hybridized carbons (Fsp3) is 0.286. The third kappa shape index (κ3) is 4.72. The largest absolute Gasteiger partial charge is 0.463 e. The van der Waals surface area contributed by atoms with Crippen molar-refractivity contribution in [2.24, 2.45) is 0 Å². The number of hydrogen-bond acceptors (Lipinski definition) is 6. The molecule has 4 heterocycles. The molecule has 0 unspecified atom stereocenters. The van der Waals surface area contributed by atoms with E-state index in [1.165, 1.54) is 5.56 Å². The van der Waals surface area contributed by atoms with Crippen LogP contribution in [0.1, 0.15) is 40.4 Å². The summed E-state index contributed by atoms with van der Waals surface area (Å²) >= 11 is 0. The summed E-state index contributed by atoms with van der Waals surface area (Å²) in [5, 5.41) is 4.56. The lowest BCUT2D eigenvalue weighted by Crippen LogP contribution is -2.48. The van der Waals surface area contributed by atoms with Gasteiger partial charge in [0.25, 0.3) is 11.9 Å². The molecule has 1 saturated heterocycles. The Morgan fingerprint density at radius 2 is 1.86 bits per heavy atom. The van der Waals surface area contributed by atoms with Crippen molar-refractivity contribution in [1.29, 1.82) is 0 Å². The van der Waals surface area contributed by atoms with Gasteiger partial charge in [0.05, 0.1) is 23.7 Å². The fourth-order valence-corrected chi connectivity index (χ4v) is 4.65. The quantitative estimate of drug-likeness (QED) is 0.393. The van der Waals surface area contributed by atoms with Gasteiger partial charge in [-0.2, -0.15) is 5.10 Å². The minimum Gasteiger partial charge on any atom is -0.463 e. The number of nitrogens with zero attached hydrogens (tertiary/aromatic N) is 6. The lowest BCUT2D eigenvalue weighted by molar-refractivity contribution is 0.0649. The summed E-state index contributed by atoms with van der Waals surface area (Å²) in [6.45, 7) is 4.00. The molecular weight excluding hydrogens is 452 g/mol. The Morgan fingerprint density at radius 1 is 1.03 bits per heavy atom. The van der Waals surface area contributed by atoms with Crippen LogP contribution in [0.2, 0.25) is 0 Å². The van der Waals surface area contributed by atoms with Gasteiger partial charge in [-0.15, -0.1) is 0 Å². The minimum absolute atomic E-state index is 0.0461. The van der Waals surface area contributed by atoms with E-state index in [-0.39, 0.29) is 5.91 Å². The van der Waals surface area contributed by atoms with E-state index in [2.05, 4.69) is 44.3 Å². The van der Waals surface area contributed by atoms with Crippen molar-refractivity contribution in [3.8, 4) is 17.4 Å². The van der Waals surface area contributed by atoms with Crippen molar-refractivity contribution in [1.82, 2.24) is 29.5 Å². The van der Waals surface area contributed by atoms with Crippen molar-refractivity contribution < 1.29 is 9.21 Å². The molecule has 3 aromatic heterocycles. The summed E-state index contributed by atoms with van der Waals surface area (Å²) in [5.41, 5.74) is 3.48. The maximum Gasteiger partial charge on any atom is 0.257 e. The molecule has 8 nitrogen and oxygen atoms in total. The zero-order valence-corrected chi connectivity index (χ0v) is 20.0. The molecule has 36 heavy (non-hydrogen) atoms. The Labute approximate surface area is 209 Å². The molecule has 2 aliphatic rings. The smallest absolute Gasteiger partial charge is 0.257 e. The number of amides is 1. The Kier molecular flexibility index (Phi) is 6.17. The molecule has 1 aliphatic heterocycles. The standard InChI is InChI=1S/C28H28N6O2/c35-27(33-17-15-32(16-18-33)14-4-8-21-6-2-1-3-7-21)23-20-30-34(26(23)22-10-11-22)28-29-13-12-24(31-28)25-9-5-19-36-25/h1-9,12-13,19-20,22H,10-11,14-18H2/b8-4+. The summed E-state index contributed by atoms with van der Waals surface area (Å²) in [4.78, 5) is 27.0. The molecule has 0 N–H and O–H groups in total. The van der Waals surface area contributed by atoms with E-state index in [1.54, 1.807) is 23.3 Å². The molecule has 1 aliphatic carbocycles. The lowest BCUT2D eigenvalue weighted by atomic mass is 10.1. The molecule has 182 valence electrons. The second kappa shape index (κ2) is 9.91. The molecule has 2 fully saturated rings. The molecule has 1 aromatic carbocycles. The number of benzene rings is 1. The van der Waals surface area contributed by atoms with E-state index in [9.17, 15) is 4.79 Å². The lowest BCUT2D eigenvalue weighted by Gasteiger charge is -2.34. The van der Waals surface area contributed by atoms with E-state index in [1.807, 2.05) is 41.3 Å². The van der Waals surface area contributed by atoms with Crippen molar-refractivity contribution in [2.45, 2.75) is 18.8 Å². The van der Waals surface area contributed by atoms with Crippen LogP contribution in [0.15, 0.2) is 77.7 Å². The first-order chi connectivity index (χ1) is 17.8. The van der Waals surface area contributed by atoms with Gasteiger partial charge in [-0.3, -0.25) is 9.69 Å². The highest BCUT2D eigenvalue weighted by Crippen LogP contribution is 2.42. The van der Waals surface area contributed by atoms with Crippen molar-refractivity contribution in [3.63, 3.8) is 0 Å². The van der Waals surface area contributed by atoms with Crippen LogP contribution in [0.4, 0.5) is 0 Å². The first-order valence-electron chi connectivity index (χ1n) is 12.4. The van der Waals surface area contributed by atoms with Crippen LogP contribution < -0.4 is 0 Å². The maximum absolute atomic E-state index is 13.5. The monoisotopic (exact) mass is 480 g/mol. The van der Waals surface area contributed by atoms with Gasteiger partial charge in [0.2, 0.25) is 0 Å². The Morgan fingerprint density at radius 3 is 2.61 bits per heavy atom. The van der Waals surface area contributed by atoms with Gasteiger partial charge in [-0.05, 0) is 36.6 Å². The first kappa shape index (κ1) is 22.4. The van der Waals surface area contributed by atoms with Crippen LogP contribution in [-0.4, -0.2) is 68.2 Å². The van der Waals surface area contributed by atoms with E-state index >= 15 is 0 Å². The average molecular weight is 481 g/mol. The number of carbonyl (C=O) groups is 1. The van der Waals surface area contributed by atoms with Crippen LogP contribution in [0, 0.1) is 0 Å². The Balaban J connectivity index is 1.15. The molecule has 1 amide bonds. The summed E-state index contributed by atoms with van der Waals surface area (Å²) in [6.07, 6.45) is 11.4. The number of rotatable bonds is 7. The van der Waals surface area contributed by atoms with Gasteiger partial charge in [-0.25, -0.2) is 14.6 Å². The normalized spacial score (nSPS) is 16.6. The van der Waals surface area contributed by atoms with E-state index in [4.69, 9.17) is 4.42 Å². The Hall–Kier alpha value is -4.04. The predicted octanol–water partition coefficient (Wildman–Crippen LogP) is 4.27. The van der Waals surface area contributed by atoms with Gasteiger partial charge in [0.15, 0.2) is 5.76 Å². The predicted molar refractivity (Wildman–Crippen MR) is 137 cm³/mol. The first-order valence-corrected chi connectivity index (χ1v) is 12.4. The molecule has 0 radical (unpaired) electrons. The topological polar surface area (TPSA) is 80.3 Å². The molecule has 8 heteroatoms. The van der Waals surface area contributed by atoms with Crippen LogP contribution in [0.5, 0.6) is 0 Å². The third-order valence-electron chi connectivity index (χ3n) is 6.74. The molecule has 6 rings (SSSR count).